The highest BCUT2D eigenvalue weighted by molar-refractivity contribution is 9.10. The second-order valence-electron chi connectivity index (χ2n) is 8.22. The number of piperazine rings is 1. The fourth-order valence-corrected chi connectivity index (χ4v) is 4.45. The van der Waals surface area contributed by atoms with Crippen molar-refractivity contribution in [3.8, 4) is 0 Å². The maximum Gasteiger partial charge on any atom is 0.410 e. The lowest BCUT2D eigenvalue weighted by Crippen LogP contribution is -2.58. The molecule has 0 N–H and O–H groups in total. The van der Waals surface area contributed by atoms with E-state index in [1.165, 1.54) is 5.56 Å². The van der Waals surface area contributed by atoms with Crippen molar-refractivity contribution in [3.63, 3.8) is 0 Å². The molecule has 7 heteroatoms. The predicted molar refractivity (Wildman–Crippen MR) is 105 cm³/mol. The van der Waals surface area contributed by atoms with Gasteiger partial charge in [0.05, 0.1) is 17.8 Å². The lowest BCUT2D eigenvalue weighted by molar-refractivity contribution is 0.0191. The van der Waals surface area contributed by atoms with Crippen LogP contribution in [0.1, 0.15) is 52.0 Å². The maximum absolute atomic E-state index is 12.5. The van der Waals surface area contributed by atoms with Gasteiger partial charge >= 0.3 is 6.09 Å². The lowest BCUT2D eigenvalue weighted by Gasteiger charge is -2.43. The van der Waals surface area contributed by atoms with Crippen LogP contribution in [0, 0.1) is 0 Å². The lowest BCUT2D eigenvalue weighted by atomic mass is 10.1. The number of rotatable bonds is 2. The molecule has 0 unspecified atom stereocenters. The molecule has 1 amide bonds. The van der Waals surface area contributed by atoms with E-state index in [0.717, 1.165) is 22.4 Å². The number of carbonyl (C=O) groups excluding carboxylic acids is 1. The predicted octanol–water partition coefficient (Wildman–Crippen LogP) is 3.92. The SMILES string of the molecule is CO[C@H](C)c1nc2c(cc1Br)C[C@@H]1CN(C(=O)OC(C)(C)C)C[C@@H](C)N21. The highest BCUT2D eigenvalue weighted by Crippen LogP contribution is 2.39. The Kier molecular flexibility index (Phi) is 5.23. The van der Waals surface area contributed by atoms with Crippen LogP contribution in [0.15, 0.2) is 10.5 Å². The zero-order valence-corrected chi connectivity index (χ0v) is 18.0. The van der Waals surface area contributed by atoms with Crippen LogP contribution in [-0.2, 0) is 15.9 Å². The summed E-state index contributed by atoms with van der Waals surface area (Å²) in [5.41, 5.74) is 1.65. The minimum absolute atomic E-state index is 0.0768. The van der Waals surface area contributed by atoms with Gasteiger partial charge in [-0.1, -0.05) is 0 Å². The largest absolute Gasteiger partial charge is 0.444 e. The Morgan fingerprint density at radius 3 is 2.69 bits per heavy atom. The number of nitrogens with zero attached hydrogens (tertiary/aromatic N) is 3. The number of pyridine rings is 1. The number of amides is 1. The first-order valence-electron chi connectivity index (χ1n) is 9.09. The van der Waals surface area contributed by atoms with Crippen molar-refractivity contribution in [1.82, 2.24) is 9.88 Å². The van der Waals surface area contributed by atoms with E-state index >= 15 is 0 Å². The summed E-state index contributed by atoms with van der Waals surface area (Å²) in [5, 5.41) is 0. The molecular formula is C19H28BrN3O3. The Balaban J connectivity index is 1.83. The third-order valence-electron chi connectivity index (χ3n) is 4.93. The molecule has 1 saturated heterocycles. The summed E-state index contributed by atoms with van der Waals surface area (Å²) in [7, 11) is 1.69. The average Bonchev–Trinajstić information content (AvgIpc) is 2.89. The molecule has 144 valence electrons. The molecule has 0 aliphatic carbocycles. The number of ether oxygens (including phenoxy) is 2. The van der Waals surface area contributed by atoms with Gasteiger partial charge in [0, 0.05) is 30.7 Å². The number of methoxy groups -OCH3 is 1. The van der Waals surface area contributed by atoms with Crippen molar-refractivity contribution in [1.29, 1.82) is 0 Å². The number of hydrogen-bond donors (Lipinski definition) is 0. The van der Waals surface area contributed by atoms with Gasteiger partial charge in [-0.25, -0.2) is 9.78 Å². The van der Waals surface area contributed by atoms with Gasteiger partial charge in [0.25, 0.3) is 0 Å². The van der Waals surface area contributed by atoms with E-state index < -0.39 is 5.60 Å². The van der Waals surface area contributed by atoms with Crippen LogP contribution >= 0.6 is 15.9 Å². The van der Waals surface area contributed by atoms with Crippen LogP contribution in [0.4, 0.5) is 10.6 Å². The van der Waals surface area contributed by atoms with Gasteiger partial charge < -0.3 is 19.3 Å². The summed E-state index contributed by atoms with van der Waals surface area (Å²) in [6.07, 6.45) is 0.571. The molecule has 0 bridgehead atoms. The summed E-state index contributed by atoms with van der Waals surface area (Å²) < 4.78 is 12.0. The van der Waals surface area contributed by atoms with Gasteiger partial charge in [0.15, 0.2) is 0 Å². The number of hydrogen-bond acceptors (Lipinski definition) is 5. The molecule has 3 heterocycles. The van der Waals surface area contributed by atoms with Crippen molar-refractivity contribution >= 4 is 27.8 Å². The van der Waals surface area contributed by atoms with E-state index in [4.69, 9.17) is 14.5 Å². The molecule has 3 atom stereocenters. The number of halogens is 1. The fourth-order valence-electron chi connectivity index (χ4n) is 3.76. The first kappa shape index (κ1) is 19.4. The Morgan fingerprint density at radius 1 is 1.38 bits per heavy atom. The number of carbonyl (C=O) groups is 1. The van der Waals surface area contributed by atoms with E-state index in [0.29, 0.717) is 13.1 Å². The van der Waals surface area contributed by atoms with Gasteiger partial charge in [0.1, 0.15) is 11.4 Å². The van der Waals surface area contributed by atoms with E-state index in [1.54, 1.807) is 7.11 Å². The molecule has 0 saturated carbocycles. The molecule has 1 aromatic rings. The second-order valence-corrected chi connectivity index (χ2v) is 9.07. The van der Waals surface area contributed by atoms with Crippen LogP contribution in [0.3, 0.4) is 0 Å². The zero-order chi connectivity index (χ0) is 19.2. The molecular weight excluding hydrogens is 398 g/mol. The Morgan fingerprint density at radius 2 is 2.08 bits per heavy atom. The first-order chi connectivity index (χ1) is 12.1. The Hall–Kier alpha value is -1.34. The second kappa shape index (κ2) is 7.00. The number of fused-ring (bicyclic) bond motifs is 3. The van der Waals surface area contributed by atoms with Crippen molar-refractivity contribution in [2.45, 2.75) is 64.8 Å². The first-order valence-corrected chi connectivity index (χ1v) is 9.88. The van der Waals surface area contributed by atoms with Gasteiger partial charge in [-0.15, -0.1) is 0 Å². The summed E-state index contributed by atoms with van der Waals surface area (Å²) in [6, 6.07) is 2.56. The molecule has 0 aromatic carbocycles. The van der Waals surface area contributed by atoms with Crippen molar-refractivity contribution in [2.75, 3.05) is 25.1 Å². The van der Waals surface area contributed by atoms with Gasteiger partial charge in [-0.05, 0) is 68.6 Å². The summed E-state index contributed by atoms with van der Waals surface area (Å²) in [5.74, 6) is 1.02. The van der Waals surface area contributed by atoms with Crippen molar-refractivity contribution < 1.29 is 14.3 Å². The van der Waals surface area contributed by atoms with E-state index in [2.05, 4.69) is 33.8 Å². The highest BCUT2D eigenvalue weighted by atomic mass is 79.9. The molecule has 2 aliphatic rings. The standard InChI is InChI=1S/C19H28BrN3O3/c1-11-9-22(18(24)26-19(3,4)5)10-14-7-13-8-15(20)16(12(2)25-6)21-17(13)23(11)14/h8,11-12,14H,7,9-10H2,1-6H3/t11-,12-,14-/m1/s1. The van der Waals surface area contributed by atoms with Gasteiger partial charge in [-0.3, -0.25) is 0 Å². The van der Waals surface area contributed by atoms with Crippen molar-refractivity contribution in [3.05, 3.63) is 21.8 Å². The molecule has 0 radical (unpaired) electrons. The van der Waals surface area contributed by atoms with Crippen LogP contribution in [0.5, 0.6) is 0 Å². The van der Waals surface area contributed by atoms with Crippen molar-refractivity contribution in [2.24, 2.45) is 0 Å². The average molecular weight is 426 g/mol. The molecule has 2 aliphatic heterocycles. The minimum Gasteiger partial charge on any atom is -0.444 e. The Bertz CT molecular complexity index is 704. The maximum atomic E-state index is 12.5. The van der Waals surface area contributed by atoms with Crippen LogP contribution in [0.2, 0.25) is 0 Å². The van der Waals surface area contributed by atoms with Gasteiger partial charge in [-0.2, -0.15) is 0 Å². The molecule has 1 aromatic heterocycles. The Labute approximate surface area is 164 Å². The normalized spacial score (nSPS) is 23.5. The molecule has 6 nitrogen and oxygen atoms in total. The minimum atomic E-state index is -0.478. The van der Waals surface area contributed by atoms with Gasteiger partial charge in [0.2, 0.25) is 0 Å². The summed E-state index contributed by atoms with van der Waals surface area (Å²) >= 11 is 3.63. The molecule has 26 heavy (non-hydrogen) atoms. The summed E-state index contributed by atoms with van der Waals surface area (Å²) in [6.45, 7) is 11.1. The third-order valence-corrected chi connectivity index (χ3v) is 5.57. The van der Waals surface area contributed by atoms with E-state index in [1.807, 2.05) is 32.6 Å². The van der Waals surface area contributed by atoms with Crippen LogP contribution < -0.4 is 4.90 Å². The molecule has 1 fully saturated rings. The quantitative estimate of drug-likeness (QED) is 0.718. The zero-order valence-electron chi connectivity index (χ0n) is 16.4. The topological polar surface area (TPSA) is 54.9 Å². The number of anilines is 1. The van der Waals surface area contributed by atoms with E-state index in [9.17, 15) is 4.79 Å². The van der Waals surface area contributed by atoms with Crippen LogP contribution in [0.25, 0.3) is 0 Å². The molecule has 0 spiro atoms. The van der Waals surface area contributed by atoms with Crippen LogP contribution in [-0.4, -0.2) is 53.9 Å². The highest BCUT2D eigenvalue weighted by Gasteiger charge is 2.42. The third kappa shape index (κ3) is 3.69. The smallest absolute Gasteiger partial charge is 0.410 e. The van der Waals surface area contributed by atoms with E-state index in [-0.39, 0.29) is 24.3 Å². The number of aromatic nitrogens is 1. The summed E-state index contributed by atoms with van der Waals surface area (Å²) in [4.78, 5) is 21.6. The fraction of sp³-hybridized carbons (Fsp3) is 0.684. The molecule has 3 rings (SSSR count). The monoisotopic (exact) mass is 425 g/mol.